The number of rotatable bonds is 3. The lowest BCUT2D eigenvalue weighted by atomic mass is 10.1. The van der Waals surface area contributed by atoms with Gasteiger partial charge in [-0.05, 0) is 59.4 Å². The molecule has 1 aromatic rings. The van der Waals surface area contributed by atoms with Crippen LogP contribution >= 0.6 is 15.9 Å². The van der Waals surface area contributed by atoms with Crippen molar-refractivity contribution in [3.05, 3.63) is 28.2 Å². The highest BCUT2D eigenvalue weighted by molar-refractivity contribution is 9.10. The van der Waals surface area contributed by atoms with E-state index in [0.717, 1.165) is 17.1 Å². The number of hydrogen-bond donors (Lipinski definition) is 1. The van der Waals surface area contributed by atoms with E-state index in [1.807, 2.05) is 12.1 Å². The van der Waals surface area contributed by atoms with Crippen molar-refractivity contribution in [2.75, 3.05) is 6.54 Å². The third-order valence-corrected chi connectivity index (χ3v) is 4.50. The highest BCUT2D eigenvalue weighted by atomic mass is 79.9. The number of halogens is 1. The first-order valence-electron chi connectivity index (χ1n) is 6.92. The third kappa shape index (κ3) is 3.48. The monoisotopic (exact) mass is 311 g/mol. The molecule has 1 saturated heterocycles. The minimum absolute atomic E-state index is 0.321. The summed E-state index contributed by atoms with van der Waals surface area (Å²) in [5.74, 6) is 0.321. The Morgan fingerprint density at radius 1 is 1.33 bits per heavy atom. The molecule has 0 spiro atoms. The second-order valence-corrected chi connectivity index (χ2v) is 6.02. The van der Waals surface area contributed by atoms with E-state index < -0.39 is 0 Å². The van der Waals surface area contributed by atoms with Crippen LogP contribution in [-0.4, -0.2) is 22.6 Å². The summed E-state index contributed by atoms with van der Waals surface area (Å²) in [7, 11) is 0. The maximum Gasteiger partial charge on any atom is 0.129 e. The largest absolute Gasteiger partial charge is 0.507 e. The zero-order valence-corrected chi connectivity index (χ0v) is 12.6. The molecule has 0 bridgehead atoms. The Kier molecular flexibility index (Phi) is 5.07. The van der Waals surface area contributed by atoms with Crippen LogP contribution in [0, 0.1) is 0 Å². The molecule has 0 saturated carbocycles. The molecule has 1 fully saturated rings. The number of benzene rings is 1. The van der Waals surface area contributed by atoms with Gasteiger partial charge >= 0.3 is 0 Å². The van der Waals surface area contributed by atoms with Gasteiger partial charge in [0.1, 0.15) is 5.75 Å². The van der Waals surface area contributed by atoms with Crippen LogP contribution in [0.15, 0.2) is 22.7 Å². The second-order valence-electron chi connectivity index (χ2n) is 5.17. The summed E-state index contributed by atoms with van der Waals surface area (Å²) in [6, 6.07) is 6.56. The Morgan fingerprint density at radius 2 is 2.17 bits per heavy atom. The smallest absolute Gasteiger partial charge is 0.129 e. The van der Waals surface area contributed by atoms with Gasteiger partial charge in [-0.1, -0.05) is 25.8 Å². The van der Waals surface area contributed by atoms with E-state index in [1.165, 1.54) is 44.2 Å². The molecule has 0 aliphatic carbocycles. The number of nitrogens with zero attached hydrogens (tertiary/aromatic N) is 1. The van der Waals surface area contributed by atoms with Gasteiger partial charge in [-0.3, -0.25) is 4.90 Å². The minimum atomic E-state index is 0.321. The van der Waals surface area contributed by atoms with Gasteiger partial charge in [-0.2, -0.15) is 0 Å². The van der Waals surface area contributed by atoms with Crippen LogP contribution in [0.3, 0.4) is 0 Å². The van der Waals surface area contributed by atoms with Crippen LogP contribution in [0.5, 0.6) is 5.75 Å². The van der Waals surface area contributed by atoms with Crippen molar-refractivity contribution in [3.63, 3.8) is 0 Å². The lowest BCUT2D eigenvalue weighted by Crippen LogP contribution is -2.33. The summed E-state index contributed by atoms with van der Waals surface area (Å²) in [6.07, 6.45) is 6.62. The van der Waals surface area contributed by atoms with Gasteiger partial charge in [-0.15, -0.1) is 0 Å². The van der Waals surface area contributed by atoms with Gasteiger partial charge in [0, 0.05) is 12.6 Å². The van der Waals surface area contributed by atoms with Gasteiger partial charge in [0.15, 0.2) is 0 Å². The minimum Gasteiger partial charge on any atom is -0.507 e. The number of phenols is 1. The van der Waals surface area contributed by atoms with Gasteiger partial charge in [0.2, 0.25) is 0 Å². The molecule has 1 aliphatic rings. The summed E-state index contributed by atoms with van der Waals surface area (Å²) in [5.41, 5.74) is 1.28. The van der Waals surface area contributed by atoms with E-state index in [1.54, 1.807) is 6.07 Å². The first-order valence-corrected chi connectivity index (χ1v) is 7.71. The quantitative estimate of drug-likeness (QED) is 0.899. The first-order chi connectivity index (χ1) is 8.70. The second kappa shape index (κ2) is 6.58. The molecule has 2 rings (SSSR count). The Hall–Kier alpha value is -0.540. The molecular formula is C15H22BrNO. The summed E-state index contributed by atoms with van der Waals surface area (Å²) in [6.45, 7) is 4.49. The zero-order valence-electron chi connectivity index (χ0n) is 11.0. The van der Waals surface area contributed by atoms with E-state index >= 15 is 0 Å². The maximum absolute atomic E-state index is 9.53. The Labute approximate surface area is 118 Å². The predicted molar refractivity (Wildman–Crippen MR) is 78.8 cm³/mol. The number of aromatic hydroxyl groups is 1. The maximum atomic E-state index is 9.53. The fourth-order valence-corrected chi connectivity index (χ4v) is 3.22. The summed E-state index contributed by atoms with van der Waals surface area (Å²) >= 11 is 3.39. The highest BCUT2D eigenvalue weighted by Crippen LogP contribution is 2.26. The normalized spacial score (nSPS) is 21.8. The van der Waals surface area contributed by atoms with Gasteiger partial charge in [0.05, 0.1) is 4.47 Å². The van der Waals surface area contributed by atoms with E-state index in [2.05, 4.69) is 27.8 Å². The number of phenolic OH excluding ortho intramolecular Hbond substituents is 1. The molecule has 100 valence electrons. The SMILES string of the molecule is CCC1CCCCCN1Cc1ccc(O)c(Br)c1. The summed E-state index contributed by atoms with van der Waals surface area (Å²) < 4.78 is 0.794. The molecule has 0 radical (unpaired) electrons. The van der Waals surface area contributed by atoms with Crippen LogP contribution in [0.1, 0.15) is 44.6 Å². The molecule has 18 heavy (non-hydrogen) atoms. The fraction of sp³-hybridized carbons (Fsp3) is 0.600. The predicted octanol–water partition coefficient (Wildman–Crippen LogP) is 4.31. The van der Waals surface area contributed by atoms with Gasteiger partial charge in [-0.25, -0.2) is 0 Å². The van der Waals surface area contributed by atoms with E-state index in [4.69, 9.17) is 0 Å². The molecule has 1 heterocycles. The topological polar surface area (TPSA) is 23.5 Å². The Bertz CT molecular complexity index is 394. The van der Waals surface area contributed by atoms with Crippen LogP contribution in [0.2, 0.25) is 0 Å². The van der Waals surface area contributed by atoms with Crippen LogP contribution < -0.4 is 0 Å². The third-order valence-electron chi connectivity index (χ3n) is 3.87. The zero-order chi connectivity index (χ0) is 13.0. The average molecular weight is 312 g/mol. The molecule has 3 heteroatoms. The van der Waals surface area contributed by atoms with Crippen molar-refractivity contribution < 1.29 is 5.11 Å². The van der Waals surface area contributed by atoms with Crippen molar-refractivity contribution in [3.8, 4) is 5.75 Å². The van der Waals surface area contributed by atoms with Crippen molar-refractivity contribution in [2.45, 2.75) is 51.6 Å². The molecular weight excluding hydrogens is 290 g/mol. The van der Waals surface area contributed by atoms with Crippen LogP contribution in [0.25, 0.3) is 0 Å². The summed E-state index contributed by atoms with van der Waals surface area (Å²) in [4.78, 5) is 2.60. The van der Waals surface area contributed by atoms with Crippen molar-refractivity contribution in [1.82, 2.24) is 4.90 Å². The number of likely N-dealkylation sites (tertiary alicyclic amines) is 1. The standard InChI is InChI=1S/C15H22BrNO/c1-2-13-6-4-3-5-9-17(13)11-12-7-8-15(18)14(16)10-12/h7-8,10,13,18H,2-6,9,11H2,1H3. The Morgan fingerprint density at radius 3 is 2.89 bits per heavy atom. The van der Waals surface area contributed by atoms with Gasteiger partial charge < -0.3 is 5.11 Å². The van der Waals surface area contributed by atoms with Crippen LogP contribution in [-0.2, 0) is 6.54 Å². The van der Waals surface area contributed by atoms with Gasteiger partial charge in [0.25, 0.3) is 0 Å². The fourth-order valence-electron chi connectivity index (χ4n) is 2.79. The summed E-state index contributed by atoms with van der Waals surface area (Å²) in [5, 5.41) is 9.53. The van der Waals surface area contributed by atoms with Crippen molar-refractivity contribution in [2.24, 2.45) is 0 Å². The Balaban J connectivity index is 2.07. The van der Waals surface area contributed by atoms with E-state index in [0.29, 0.717) is 5.75 Å². The molecule has 0 aromatic heterocycles. The molecule has 1 unspecified atom stereocenters. The molecule has 1 N–H and O–H groups in total. The number of hydrogen-bond acceptors (Lipinski definition) is 2. The van der Waals surface area contributed by atoms with Crippen molar-refractivity contribution >= 4 is 15.9 Å². The first kappa shape index (κ1) is 13.9. The molecule has 1 aliphatic heterocycles. The van der Waals surface area contributed by atoms with Crippen LogP contribution in [0.4, 0.5) is 0 Å². The van der Waals surface area contributed by atoms with E-state index in [-0.39, 0.29) is 0 Å². The average Bonchev–Trinajstić information content (AvgIpc) is 2.59. The molecule has 1 aromatic carbocycles. The molecule has 1 atom stereocenters. The highest BCUT2D eigenvalue weighted by Gasteiger charge is 2.19. The molecule has 2 nitrogen and oxygen atoms in total. The lowest BCUT2D eigenvalue weighted by molar-refractivity contribution is 0.186. The van der Waals surface area contributed by atoms with Crippen molar-refractivity contribution in [1.29, 1.82) is 0 Å². The van der Waals surface area contributed by atoms with E-state index in [9.17, 15) is 5.11 Å². The molecule has 0 amide bonds. The lowest BCUT2D eigenvalue weighted by Gasteiger charge is -2.29.